The summed E-state index contributed by atoms with van der Waals surface area (Å²) in [7, 11) is -3.39. The van der Waals surface area contributed by atoms with Crippen LogP contribution in [0.3, 0.4) is 0 Å². The molecule has 0 atom stereocenters. The smallest absolute Gasteiger partial charge is 0.420 e. The van der Waals surface area contributed by atoms with Crippen molar-refractivity contribution < 1.29 is 22.0 Å². The lowest BCUT2D eigenvalue weighted by molar-refractivity contribution is -0.135. The average Bonchev–Trinajstić information content (AvgIpc) is 3.13. The molecule has 0 N–H and O–H groups in total. The van der Waals surface area contributed by atoms with Crippen molar-refractivity contribution in [3.63, 3.8) is 0 Å². The molecule has 9 heteroatoms. The van der Waals surface area contributed by atoms with E-state index in [4.69, 9.17) is 8.83 Å². The third-order valence-electron chi connectivity index (χ3n) is 4.50. The highest BCUT2D eigenvalue weighted by atomic mass is 32.2. The van der Waals surface area contributed by atoms with E-state index in [1.165, 1.54) is 15.7 Å². The zero-order chi connectivity index (χ0) is 18.3. The second kappa shape index (κ2) is 6.17. The summed E-state index contributed by atoms with van der Waals surface area (Å²) < 4.78 is 36.1. The Hall–Kier alpha value is -2.81. The van der Waals surface area contributed by atoms with Crippen molar-refractivity contribution in [3.8, 4) is 0 Å². The van der Waals surface area contributed by atoms with Gasteiger partial charge in [-0.25, -0.2) is 13.2 Å². The molecule has 0 aliphatic carbocycles. The molecule has 0 saturated carbocycles. The van der Waals surface area contributed by atoms with Gasteiger partial charge in [0, 0.05) is 13.1 Å². The molecule has 0 bridgehead atoms. The minimum Gasteiger partial charge on any atom is -0.468 e. The highest BCUT2D eigenvalue weighted by Crippen LogP contribution is 2.21. The second-order valence-electron chi connectivity index (χ2n) is 6.23. The summed E-state index contributed by atoms with van der Waals surface area (Å²) >= 11 is 0. The van der Waals surface area contributed by atoms with Crippen LogP contribution in [0.5, 0.6) is 0 Å². The molecule has 1 aliphatic rings. The van der Waals surface area contributed by atoms with Crippen molar-refractivity contribution >= 4 is 26.8 Å². The minimum atomic E-state index is -3.39. The van der Waals surface area contributed by atoms with Gasteiger partial charge in [0.15, 0.2) is 15.4 Å². The zero-order valence-electron chi connectivity index (χ0n) is 13.7. The van der Waals surface area contributed by atoms with Gasteiger partial charge < -0.3 is 13.7 Å². The van der Waals surface area contributed by atoms with E-state index < -0.39 is 20.8 Å². The van der Waals surface area contributed by atoms with Gasteiger partial charge in [-0.3, -0.25) is 9.36 Å². The van der Waals surface area contributed by atoms with Gasteiger partial charge in [0.1, 0.15) is 18.1 Å². The van der Waals surface area contributed by atoms with Crippen molar-refractivity contribution in [2.75, 3.05) is 13.1 Å². The number of carbonyl (C=O) groups excluding carboxylic acids is 1. The van der Waals surface area contributed by atoms with Crippen LogP contribution in [0.15, 0.2) is 56.3 Å². The van der Waals surface area contributed by atoms with Crippen LogP contribution in [0, 0.1) is 0 Å². The Balaban J connectivity index is 1.42. The zero-order valence-corrected chi connectivity index (χ0v) is 14.5. The molecule has 0 radical (unpaired) electrons. The number of hydrogen-bond acceptors (Lipinski definition) is 6. The first kappa shape index (κ1) is 16.6. The Morgan fingerprint density at radius 2 is 1.92 bits per heavy atom. The molecule has 1 aliphatic heterocycles. The maximum atomic E-state index is 12.4. The SMILES string of the molecule is O=C(Cn1c(=O)oc2ccccc21)N1CC(S(=O)(=O)Cc2ccco2)C1. The molecule has 26 heavy (non-hydrogen) atoms. The largest absolute Gasteiger partial charge is 0.468 e. The molecule has 8 nitrogen and oxygen atoms in total. The Morgan fingerprint density at radius 1 is 1.15 bits per heavy atom. The molecule has 3 heterocycles. The van der Waals surface area contributed by atoms with E-state index in [-0.39, 0.29) is 31.3 Å². The average molecular weight is 376 g/mol. The summed E-state index contributed by atoms with van der Waals surface area (Å²) in [5.74, 6) is -0.727. The van der Waals surface area contributed by atoms with Crippen LogP contribution < -0.4 is 5.76 Å². The Kier molecular flexibility index (Phi) is 3.95. The molecule has 1 saturated heterocycles. The van der Waals surface area contributed by atoms with Crippen LogP contribution in [0.25, 0.3) is 11.1 Å². The monoisotopic (exact) mass is 376 g/mol. The van der Waals surface area contributed by atoms with Crippen LogP contribution in [-0.2, 0) is 26.9 Å². The van der Waals surface area contributed by atoms with Gasteiger partial charge in [-0.1, -0.05) is 12.1 Å². The molecule has 1 fully saturated rings. The molecule has 136 valence electrons. The number of likely N-dealkylation sites (tertiary alicyclic amines) is 1. The number of furan rings is 1. The van der Waals surface area contributed by atoms with Crippen molar-refractivity contribution in [3.05, 3.63) is 59.0 Å². The molecule has 0 spiro atoms. The highest BCUT2D eigenvalue weighted by Gasteiger charge is 2.40. The third kappa shape index (κ3) is 2.94. The predicted octanol–water partition coefficient (Wildman–Crippen LogP) is 1.01. The fourth-order valence-electron chi connectivity index (χ4n) is 2.98. The minimum absolute atomic E-state index is 0.117. The van der Waals surface area contributed by atoms with Gasteiger partial charge >= 0.3 is 5.76 Å². The summed E-state index contributed by atoms with van der Waals surface area (Å²) in [6, 6.07) is 10.1. The molecule has 1 amide bonds. The van der Waals surface area contributed by atoms with Gasteiger partial charge in [0.05, 0.1) is 17.0 Å². The topological polar surface area (TPSA) is 103 Å². The quantitative estimate of drug-likeness (QED) is 0.659. The predicted molar refractivity (Wildman–Crippen MR) is 92.2 cm³/mol. The van der Waals surface area contributed by atoms with Crippen molar-refractivity contribution in [2.24, 2.45) is 0 Å². The number of oxazole rings is 1. The number of aromatic nitrogens is 1. The second-order valence-corrected chi connectivity index (χ2v) is 8.51. The van der Waals surface area contributed by atoms with E-state index in [0.717, 1.165) is 0 Å². The number of rotatable bonds is 5. The lowest BCUT2D eigenvalue weighted by Gasteiger charge is -2.38. The standard InChI is InChI=1S/C17H16N2O6S/c20-16(10-19-14-5-1-2-6-15(14)25-17(19)21)18-8-13(9-18)26(22,23)11-12-4-3-7-24-12/h1-7,13H,8-11H2. The van der Waals surface area contributed by atoms with Crippen LogP contribution in [0.2, 0.25) is 0 Å². The normalized spacial score (nSPS) is 15.3. The van der Waals surface area contributed by atoms with Crippen molar-refractivity contribution in [1.82, 2.24) is 9.47 Å². The number of para-hydroxylation sites is 2. The van der Waals surface area contributed by atoms with E-state index in [9.17, 15) is 18.0 Å². The fourth-order valence-corrected chi connectivity index (χ4v) is 4.59. The summed E-state index contributed by atoms with van der Waals surface area (Å²) in [6.45, 7) is 0.0552. The number of carbonyl (C=O) groups is 1. The number of hydrogen-bond donors (Lipinski definition) is 0. The van der Waals surface area contributed by atoms with Crippen molar-refractivity contribution in [2.45, 2.75) is 17.5 Å². The van der Waals surface area contributed by atoms with Gasteiger partial charge in [-0.2, -0.15) is 0 Å². The lowest BCUT2D eigenvalue weighted by atomic mass is 10.2. The molecule has 1 aromatic carbocycles. The molecular weight excluding hydrogens is 360 g/mol. The fraction of sp³-hybridized carbons (Fsp3) is 0.294. The van der Waals surface area contributed by atoms with E-state index >= 15 is 0 Å². The van der Waals surface area contributed by atoms with E-state index in [0.29, 0.717) is 16.9 Å². The number of nitrogens with zero attached hydrogens (tertiary/aromatic N) is 2. The van der Waals surface area contributed by atoms with Crippen LogP contribution in [-0.4, -0.2) is 42.1 Å². The first-order chi connectivity index (χ1) is 12.4. The van der Waals surface area contributed by atoms with Crippen molar-refractivity contribution in [1.29, 1.82) is 0 Å². The van der Waals surface area contributed by atoms with Gasteiger partial charge in [-0.15, -0.1) is 0 Å². The number of fused-ring (bicyclic) bond motifs is 1. The van der Waals surface area contributed by atoms with E-state index in [1.54, 1.807) is 36.4 Å². The van der Waals surface area contributed by atoms with Crippen LogP contribution in [0.1, 0.15) is 5.76 Å². The third-order valence-corrected chi connectivity index (χ3v) is 6.50. The molecule has 2 aromatic heterocycles. The van der Waals surface area contributed by atoms with Crippen LogP contribution in [0.4, 0.5) is 0 Å². The summed E-state index contributed by atoms with van der Waals surface area (Å²) in [5.41, 5.74) is 0.946. The molecular formula is C17H16N2O6S. The maximum Gasteiger partial charge on any atom is 0.420 e. The molecule has 4 rings (SSSR count). The lowest BCUT2D eigenvalue weighted by Crippen LogP contribution is -2.58. The summed E-state index contributed by atoms with van der Waals surface area (Å²) in [5, 5.41) is -0.616. The number of benzene rings is 1. The first-order valence-corrected chi connectivity index (χ1v) is 9.76. The molecule has 3 aromatic rings. The molecule has 0 unspecified atom stereocenters. The Labute approximate surface area is 148 Å². The van der Waals surface area contributed by atoms with E-state index in [1.807, 2.05) is 0 Å². The summed E-state index contributed by atoms with van der Waals surface area (Å²) in [6.07, 6.45) is 1.43. The Morgan fingerprint density at radius 3 is 2.65 bits per heavy atom. The number of sulfone groups is 1. The Bertz CT molecular complexity index is 1100. The van der Waals surface area contributed by atoms with E-state index in [2.05, 4.69) is 0 Å². The van der Waals surface area contributed by atoms with Crippen LogP contribution >= 0.6 is 0 Å². The van der Waals surface area contributed by atoms with Gasteiger partial charge in [0.25, 0.3) is 0 Å². The highest BCUT2D eigenvalue weighted by molar-refractivity contribution is 7.91. The first-order valence-electron chi connectivity index (χ1n) is 8.04. The van der Waals surface area contributed by atoms with Gasteiger partial charge in [-0.05, 0) is 24.3 Å². The summed E-state index contributed by atoms with van der Waals surface area (Å²) in [4.78, 5) is 25.7. The number of amides is 1. The maximum absolute atomic E-state index is 12.4. The van der Waals surface area contributed by atoms with Gasteiger partial charge in [0.2, 0.25) is 5.91 Å².